The zero-order valence-electron chi connectivity index (χ0n) is 18.7. The van der Waals surface area contributed by atoms with Gasteiger partial charge in [-0.25, -0.2) is 13.9 Å². The zero-order chi connectivity index (χ0) is 24.0. The van der Waals surface area contributed by atoms with Gasteiger partial charge >= 0.3 is 15.4 Å². The van der Waals surface area contributed by atoms with Crippen molar-refractivity contribution < 1.29 is 40.9 Å². The first-order chi connectivity index (χ1) is 16.4. The highest BCUT2D eigenvalue weighted by Crippen LogP contribution is 2.69. The Hall–Kier alpha value is -1.84. The fraction of sp³-hybridized carbons (Fsp3) is 0.476. The summed E-state index contributed by atoms with van der Waals surface area (Å²) in [6.07, 6.45) is 2.76. The van der Waals surface area contributed by atoms with E-state index in [0.29, 0.717) is 19.4 Å². The highest BCUT2D eigenvalue weighted by Gasteiger charge is 2.46. The number of anilines is 1. The van der Waals surface area contributed by atoms with Gasteiger partial charge in [0, 0.05) is 13.2 Å². The number of hydrogen-bond donors (Lipinski definition) is 0. The van der Waals surface area contributed by atoms with E-state index >= 15 is 0 Å². The highest BCUT2D eigenvalue weighted by molar-refractivity contribution is 7.55. The summed E-state index contributed by atoms with van der Waals surface area (Å²) in [4.78, 5) is 6.12. The van der Waals surface area contributed by atoms with Crippen molar-refractivity contribution in [3.8, 4) is 5.75 Å². The van der Waals surface area contributed by atoms with E-state index in [1.807, 2.05) is 30.1 Å². The van der Waals surface area contributed by atoms with Crippen LogP contribution in [0.15, 0.2) is 42.6 Å². The first-order valence-electron chi connectivity index (χ1n) is 10.9. The van der Waals surface area contributed by atoms with Gasteiger partial charge in [-0.15, -0.1) is 0 Å². The number of ether oxygens (including phenoxy) is 1. The second kappa shape index (κ2) is 11.3. The summed E-state index contributed by atoms with van der Waals surface area (Å²) in [5.74, 6) is -1.44. The Morgan fingerprint density at radius 3 is 2.41 bits per heavy atom. The van der Waals surface area contributed by atoms with E-state index in [1.54, 1.807) is 6.20 Å². The van der Waals surface area contributed by atoms with Crippen LogP contribution in [0.4, 0.5) is 10.2 Å². The van der Waals surface area contributed by atoms with E-state index < -0.39 is 27.1 Å². The fourth-order valence-electron chi connectivity index (χ4n) is 3.32. The molecule has 4 rings (SSSR count). The predicted molar refractivity (Wildman–Crippen MR) is 121 cm³/mol. The van der Waals surface area contributed by atoms with Crippen molar-refractivity contribution in [2.24, 2.45) is 0 Å². The van der Waals surface area contributed by atoms with Gasteiger partial charge in [-0.3, -0.25) is 18.1 Å². The SMILES string of the molecule is CN(CCOc1ccc(C(OP2(=O)OCCCO2)P2(=O)OCCCO2)cc1F)c1ccccn1. The van der Waals surface area contributed by atoms with Gasteiger partial charge in [0.25, 0.3) is 0 Å². The Labute approximate surface area is 197 Å². The van der Waals surface area contributed by atoms with Crippen LogP contribution in [0.5, 0.6) is 5.75 Å². The molecule has 1 aromatic heterocycles. The van der Waals surface area contributed by atoms with E-state index in [2.05, 4.69) is 4.98 Å². The van der Waals surface area contributed by atoms with Crippen LogP contribution in [0.3, 0.4) is 0 Å². The molecule has 34 heavy (non-hydrogen) atoms. The molecule has 2 aliphatic heterocycles. The van der Waals surface area contributed by atoms with Crippen molar-refractivity contribution in [2.75, 3.05) is 51.5 Å². The minimum Gasteiger partial charge on any atom is -0.489 e. The third-order valence-electron chi connectivity index (χ3n) is 5.10. The number of pyridine rings is 1. The molecular weight excluding hydrogens is 489 g/mol. The minimum atomic E-state index is -4.03. The predicted octanol–water partition coefficient (Wildman–Crippen LogP) is 4.93. The quantitative estimate of drug-likeness (QED) is 0.426. The molecule has 2 aromatic rings. The summed E-state index contributed by atoms with van der Waals surface area (Å²) in [6, 6.07) is 9.50. The monoisotopic (exact) mass is 516 g/mol. The number of hydrogen-bond acceptors (Lipinski definition) is 10. The van der Waals surface area contributed by atoms with Gasteiger partial charge in [0.15, 0.2) is 17.4 Å². The number of phosphoric acid groups is 1. The third kappa shape index (κ3) is 6.23. The lowest BCUT2D eigenvalue weighted by Crippen LogP contribution is -2.24. The molecule has 2 aliphatic rings. The number of phosphoric ester groups is 1. The van der Waals surface area contributed by atoms with Crippen LogP contribution in [0.2, 0.25) is 0 Å². The molecule has 0 radical (unpaired) electrons. The van der Waals surface area contributed by atoms with E-state index in [4.69, 9.17) is 27.4 Å². The first-order valence-corrected chi connectivity index (χ1v) is 14.0. The van der Waals surface area contributed by atoms with Crippen LogP contribution >= 0.6 is 15.4 Å². The van der Waals surface area contributed by atoms with Crippen LogP contribution in [0, 0.1) is 5.82 Å². The number of rotatable bonds is 9. The Bertz CT molecular complexity index is 1040. The molecule has 1 aromatic carbocycles. The van der Waals surface area contributed by atoms with Crippen LogP contribution < -0.4 is 9.64 Å². The molecule has 1 unspecified atom stereocenters. The molecule has 0 spiro atoms. The molecule has 1 atom stereocenters. The molecule has 0 amide bonds. The highest BCUT2D eigenvalue weighted by atomic mass is 31.2. The number of benzene rings is 1. The molecule has 2 fully saturated rings. The number of likely N-dealkylation sites (N-methyl/N-ethyl adjacent to an activating group) is 1. The number of halogens is 1. The lowest BCUT2D eigenvalue weighted by atomic mass is 10.2. The molecule has 0 bridgehead atoms. The van der Waals surface area contributed by atoms with Gasteiger partial charge in [0.1, 0.15) is 12.4 Å². The molecule has 0 N–H and O–H groups in total. The Morgan fingerprint density at radius 2 is 1.76 bits per heavy atom. The topological polar surface area (TPSA) is 106 Å². The maximum absolute atomic E-state index is 14.9. The van der Waals surface area contributed by atoms with Crippen molar-refractivity contribution in [2.45, 2.75) is 18.7 Å². The third-order valence-corrected chi connectivity index (χ3v) is 8.80. The largest absolute Gasteiger partial charge is 0.489 e. The Balaban J connectivity index is 1.47. The van der Waals surface area contributed by atoms with Gasteiger partial charge in [-0.05, 0) is 42.7 Å². The Kier molecular flexibility index (Phi) is 8.37. The van der Waals surface area contributed by atoms with E-state index in [0.717, 1.165) is 11.9 Å². The average Bonchev–Trinajstić information content (AvgIpc) is 2.85. The number of nitrogens with zero attached hydrogens (tertiary/aromatic N) is 2. The first kappa shape index (κ1) is 25.3. The fourth-order valence-corrected chi connectivity index (χ4v) is 7.04. The summed E-state index contributed by atoms with van der Waals surface area (Å²) in [6.45, 7) is 1.31. The van der Waals surface area contributed by atoms with Crippen LogP contribution in [-0.4, -0.2) is 51.6 Å². The molecular formula is C21H27FN2O8P2. The summed E-state index contributed by atoms with van der Waals surface area (Å²) in [5, 5.41) is 0. The smallest absolute Gasteiger partial charge is 0.476 e. The Morgan fingerprint density at radius 1 is 1.06 bits per heavy atom. The average molecular weight is 516 g/mol. The normalized spacial score (nSPS) is 20.4. The summed E-state index contributed by atoms with van der Waals surface area (Å²) < 4.78 is 73.4. The van der Waals surface area contributed by atoms with Gasteiger partial charge in [0.05, 0.1) is 33.0 Å². The van der Waals surface area contributed by atoms with Crippen molar-refractivity contribution in [3.63, 3.8) is 0 Å². The van der Waals surface area contributed by atoms with Crippen molar-refractivity contribution >= 4 is 21.2 Å². The second-order valence-corrected chi connectivity index (χ2v) is 11.3. The summed E-state index contributed by atoms with van der Waals surface area (Å²) in [7, 11) is -6.11. The maximum atomic E-state index is 14.9. The minimum absolute atomic E-state index is 0.00233. The van der Waals surface area contributed by atoms with E-state index in [-0.39, 0.29) is 44.3 Å². The van der Waals surface area contributed by atoms with Gasteiger partial charge in [-0.2, -0.15) is 0 Å². The van der Waals surface area contributed by atoms with Crippen molar-refractivity contribution in [1.29, 1.82) is 0 Å². The van der Waals surface area contributed by atoms with Gasteiger partial charge < -0.3 is 18.7 Å². The van der Waals surface area contributed by atoms with Crippen LogP contribution in [0.1, 0.15) is 24.3 Å². The van der Waals surface area contributed by atoms with Crippen LogP contribution in [-0.2, 0) is 31.7 Å². The molecule has 0 saturated carbocycles. The van der Waals surface area contributed by atoms with E-state index in [1.165, 1.54) is 12.1 Å². The number of aromatic nitrogens is 1. The van der Waals surface area contributed by atoms with Gasteiger partial charge in [0.2, 0.25) is 0 Å². The van der Waals surface area contributed by atoms with Gasteiger partial charge in [-0.1, -0.05) is 12.1 Å². The second-order valence-electron chi connectivity index (χ2n) is 7.63. The van der Waals surface area contributed by atoms with Crippen LogP contribution in [0.25, 0.3) is 0 Å². The summed E-state index contributed by atoms with van der Waals surface area (Å²) in [5.41, 5.74) is 0.105. The molecule has 186 valence electrons. The molecule has 3 heterocycles. The van der Waals surface area contributed by atoms with Crippen molar-refractivity contribution in [3.05, 3.63) is 54.0 Å². The molecule has 10 nitrogen and oxygen atoms in total. The lowest BCUT2D eigenvalue weighted by molar-refractivity contribution is 0.0483. The maximum Gasteiger partial charge on any atom is 0.476 e. The summed E-state index contributed by atoms with van der Waals surface area (Å²) >= 11 is 0. The standard InChI is InChI=1S/C21H27FN2O8P2/c1-24(20-6-2-3-9-23-20)10-15-27-19-8-7-17(16-18(19)22)21(33(25)28-11-4-12-29-33)32-34(26)30-13-5-14-31-34/h2-3,6-9,16,21H,4-5,10-15H2,1H3. The molecule has 0 aliphatic carbocycles. The lowest BCUT2D eigenvalue weighted by Gasteiger charge is -2.32. The van der Waals surface area contributed by atoms with Crippen molar-refractivity contribution in [1.82, 2.24) is 4.98 Å². The molecule has 2 saturated heterocycles. The zero-order valence-corrected chi connectivity index (χ0v) is 20.5. The van der Waals surface area contributed by atoms with E-state index in [9.17, 15) is 13.5 Å². The molecule has 13 heteroatoms.